The van der Waals surface area contributed by atoms with E-state index in [0.717, 1.165) is 24.2 Å². The van der Waals surface area contributed by atoms with Gasteiger partial charge in [0, 0.05) is 11.3 Å². The molecule has 2 aliphatic rings. The van der Waals surface area contributed by atoms with Gasteiger partial charge in [0.25, 0.3) is 0 Å². The SMILES string of the molecule is COc1ccc(OC)c(C(=O)CSc2nnc3c(n2)[C@@]2(C)CC[C@H]3C2(C)C)c1. The molecule has 4 rings (SSSR count). The predicted octanol–water partition coefficient (Wildman–Crippen LogP) is 4.04. The van der Waals surface area contributed by atoms with Crippen LogP contribution >= 0.6 is 11.8 Å². The second-order valence-corrected chi connectivity index (χ2v) is 9.19. The van der Waals surface area contributed by atoms with E-state index in [2.05, 4.69) is 31.0 Å². The molecule has 28 heavy (non-hydrogen) atoms. The fourth-order valence-electron chi connectivity index (χ4n) is 4.66. The Labute approximate surface area is 169 Å². The van der Waals surface area contributed by atoms with Crippen LogP contribution in [0, 0.1) is 5.41 Å². The number of Topliss-reactive ketones (excluding diaryl/α,β-unsaturated/α-hetero) is 1. The molecule has 0 saturated heterocycles. The second kappa shape index (κ2) is 6.72. The zero-order valence-electron chi connectivity index (χ0n) is 16.9. The van der Waals surface area contributed by atoms with Gasteiger partial charge < -0.3 is 9.47 Å². The fourth-order valence-corrected chi connectivity index (χ4v) is 5.33. The summed E-state index contributed by atoms with van der Waals surface area (Å²) in [6.45, 7) is 6.90. The summed E-state index contributed by atoms with van der Waals surface area (Å²) >= 11 is 1.32. The minimum absolute atomic E-state index is 0.0261. The summed E-state index contributed by atoms with van der Waals surface area (Å²) in [5, 5.41) is 9.36. The van der Waals surface area contributed by atoms with Gasteiger partial charge >= 0.3 is 0 Å². The minimum atomic E-state index is -0.0575. The number of thioether (sulfide) groups is 1. The van der Waals surface area contributed by atoms with Gasteiger partial charge in [0.2, 0.25) is 5.16 Å². The summed E-state index contributed by atoms with van der Waals surface area (Å²) in [6, 6.07) is 5.21. The van der Waals surface area contributed by atoms with Gasteiger partial charge in [-0.3, -0.25) is 4.79 Å². The number of fused-ring (bicyclic) bond motifs is 5. The highest BCUT2D eigenvalue weighted by Gasteiger charge is 2.61. The number of benzene rings is 1. The third-order valence-electron chi connectivity index (χ3n) is 6.81. The van der Waals surface area contributed by atoms with Crippen LogP contribution in [0.15, 0.2) is 23.4 Å². The molecule has 1 aromatic heterocycles. The first kappa shape index (κ1) is 19.2. The smallest absolute Gasteiger partial charge is 0.209 e. The average Bonchev–Trinajstić information content (AvgIpc) is 3.04. The maximum absolute atomic E-state index is 12.8. The van der Waals surface area contributed by atoms with Crippen molar-refractivity contribution in [2.45, 2.75) is 50.1 Å². The van der Waals surface area contributed by atoms with Gasteiger partial charge in [-0.1, -0.05) is 32.5 Å². The van der Waals surface area contributed by atoms with E-state index >= 15 is 0 Å². The Kier molecular flexibility index (Phi) is 4.61. The number of carbonyl (C=O) groups is 1. The molecular formula is C21H25N3O3S. The Balaban J connectivity index is 1.54. The van der Waals surface area contributed by atoms with Gasteiger partial charge in [-0.15, -0.1) is 5.10 Å². The molecule has 0 aliphatic heterocycles. The fraction of sp³-hybridized carbons (Fsp3) is 0.524. The van der Waals surface area contributed by atoms with E-state index in [1.165, 1.54) is 11.8 Å². The Morgan fingerprint density at radius 2 is 2.00 bits per heavy atom. The molecule has 1 fully saturated rings. The number of nitrogens with zero attached hydrogens (tertiary/aromatic N) is 3. The Morgan fingerprint density at radius 1 is 1.21 bits per heavy atom. The molecule has 0 spiro atoms. The quantitative estimate of drug-likeness (QED) is 0.536. The van der Waals surface area contributed by atoms with Crippen LogP contribution in [-0.4, -0.2) is 40.9 Å². The van der Waals surface area contributed by atoms with Crippen LogP contribution in [-0.2, 0) is 5.41 Å². The third kappa shape index (κ3) is 2.70. The lowest BCUT2D eigenvalue weighted by Gasteiger charge is -2.33. The summed E-state index contributed by atoms with van der Waals surface area (Å²) in [6.07, 6.45) is 2.27. The van der Waals surface area contributed by atoms with Crippen molar-refractivity contribution in [3.63, 3.8) is 0 Å². The molecule has 1 heterocycles. The van der Waals surface area contributed by atoms with Crippen LogP contribution in [0.25, 0.3) is 0 Å². The third-order valence-corrected chi connectivity index (χ3v) is 7.65. The number of ether oxygens (including phenoxy) is 2. The first-order chi connectivity index (χ1) is 13.3. The number of aromatic nitrogens is 3. The van der Waals surface area contributed by atoms with Crippen LogP contribution in [0.2, 0.25) is 0 Å². The maximum atomic E-state index is 12.8. The standard InChI is InChI=1S/C21H25N3O3S/c1-20(2)14-8-9-21(20,3)18-17(14)23-24-19(22-18)28-11-15(25)13-10-12(26-4)6-7-16(13)27-5/h6-7,10,14H,8-9,11H2,1-5H3/t14-,21-/m1/s1. The van der Waals surface area contributed by atoms with Crippen molar-refractivity contribution in [3.8, 4) is 11.5 Å². The number of methoxy groups -OCH3 is 2. The Morgan fingerprint density at radius 3 is 2.71 bits per heavy atom. The lowest BCUT2D eigenvalue weighted by molar-refractivity contribution is 0.101. The Bertz CT molecular complexity index is 946. The first-order valence-electron chi connectivity index (χ1n) is 9.45. The lowest BCUT2D eigenvalue weighted by atomic mass is 9.70. The van der Waals surface area contributed by atoms with Crippen LogP contribution in [0.3, 0.4) is 0 Å². The first-order valence-corrected chi connectivity index (χ1v) is 10.4. The van der Waals surface area contributed by atoms with E-state index in [9.17, 15) is 4.79 Å². The monoisotopic (exact) mass is 399 g/mol. The highest BCUT2D eigenvalue weighted by Crippen LogP contribution is 2.66. The van der Waals surface area contributed by atoms with E-state index in [4.69, 9.17) is 14.5 Å². The molecule has 2 aromatic rings. The Hall–Kier alpha value is -2.15. The molecule has 6 nitrogen and oxygen atoms in total. The van der Waals surface area contributed by atoms with Crippen LogP contribution < -0.4 is 9.47 Å². The van der Waals surface area contributed by atoms with Crippen molar-refractivity contribution < 1.29 is 14.3 Å². The van der Waals surface area contributed by atoms with Gasteiger partial charge in [-0.25, -0.2) is 4.98 Å². The summed E-state index contributed by atoms with van der Waals surface area (Å²) in [7, 11) is 3.13. The normalized spacial score (nSPS) is 24.1. The average molecular weight is 400 g/mol. The van der Waals surface area contributed by atoms with E-state index in [0.29, 0.717) is 28.1 Å². The lowest BCUT2D eigenvalue weighted by Crippen LogP contribution is -2.32. The van der Waals surface area contributed by atoms with Crippen molar-refractivity contribution in [1.82, 2.24) is 15.2 Å². The van der Waals surface area contributed by atoms with E-state index in [1.807, 2.05) is 0 Å². The molecule has 7 heteroatoms. The number of ketones is 1. The van der Waals surface area contributed by atoms with E-state index < -0.39 is 0 Å². The van der Waals surface area contributed by atoms with Crippen molar-refractivity contribution >= 4 is 17.5 Å². The molecule has 0 N–H and O–H groups in total. The molecule has 0 radical (unpaired) electrons. The summed E-state index contributed by atoms with van der Waals surface area (Å²) < 4.78 is 10.5. The number of hydrogen-bond donors (Lipinski definition) is 0. The van der Waals surface area contributed by atoms with Crippen LogP contribution in [0.4, 0.5) is 0 Å². The number of carbonyl (C=O) groups excluding carboxylic acids is 1. The summed E-state index contributed by atoms with van der Waals surface area (Å²) in [5.74, 6) is 1.74. The summed E-state index contributed by atoms with van der Waals surface area (Å²) in [5.41, 5.74) is 2.78. The predicted molar refractivity (Wildman–Crippen MR) is 108 cm³/mol. The molecule has 1 aromatic carbocycles. The number of hydrogen-bond acceptors (Lipinski definition) is 7. The molecule has 0 amide bonds. The van der Waals surface area contributed by atoms with Crippen molar-refractivity contribution in [1.29, 1.82) is 0 Å². The van der Waals surface area contributed by atoms with Crippen LogP contribution in [0.5, 0.6) is 11.5 Å². The van der Waals surface area contributed by atoms with E-state index in [1.54, 1.807) is 32.4 Å². The van der Waals surface area contributed by atoms with Gasteiger partial charge in [0.1, 0.15) is 11.5 Å². The van der Waals surface area contributed by atoms with Gasteiger partial charge in [0.05, 0.1) is 36.9 Å². The topological polar surface area (TPSA) is 74.2 Å². The van der Waals surface area contributed by atoms with Crippen LogP contribution in [0.1, 0.15) is 61.3 Å². The van der Waals surface area contributed by atoms with Crippen molar-refractivity contribution in [2.75, 3.05) is 20.0 Å². The zero-order valence-corrected chi connectivity index (χ0v) is 17.7. The van der Waals surface area contributed by atoms with Gasteiger partial charge in [-0.2, -0.15) is 5.10 Å². The molecule has 2 atom stereocenters. The van der Waals surface area contributed by atoms with Crippen molar-refractivity contribution in [2.24, 2.45) is 5.41 Å². The molecule has 1 saturated carbocycles. The molecule has 2 bridgehead atoms. The molecular weight excluding hydrogens is 374 g/mol. The minimum Gasteiger partial charge on any atom is -0.497 e. The highest BCUT2D eigenvalue weighted by molar-refractivity contribution is 7.99. The van der Waals surface area contributed by atoms with E-state index in [-0.39, 0.29) is 22.4 Å². The molecule has 2 aliphatic carbocycles. The molecule has 148 valence electrons. The second-order valence-electron chi connectivity index (χ2n) is 8.25. The maximum Gasteiger partial charge on any atom is 0.209 e. The highest BCUT2D eigenvalue weighted by atomic mass is 32.2. The largest absolute Gasteiger partial charge is 0.497 e. The van der Waals surface area contributed by atoms with Gasteiger partial charge in [0.15, 0.2) is 5.78 Å². The van der Waals surface area contributed by atoms with Gasteiger partial charge in [-0.05, 0) is 36.5 Å². The van der Waals surface area contributed by atoms with Crippen molar-refractivity contribution in [3.05, 3.63) is 35.2 Å². The summed E-state index contributed by atoms with van der Waals surface area (Å²) in [4.78, 5) is 17.6. The molecule has 0 unspecified atom stereocenters. The zero-order chi connectivity index (χ0) is 20.1. The number of rotatable bonds is 6.